The van der Waals surface area contributed by atoms with Gasteiger partial charge in [-0.3, -0.25) is 9.52 Å². The lowest BCUT2D eigenvalue weighted by atomic mass is 10.2. The number of sulfonamides is 1. The van der Waals surface area contributed by atoms with Crippen LogP contribution in [0.2, 0.25) is 0 Å². The van der Waals surface area contributed by atoms with Crippen LogP contribution in [0.15, 0.2) is 52.3 Å². The molecule has 1 aliphatic heterocycles. The lowest BCUT2D eigenvalue weighted by Crippen LogP contribution is -2.13. The van der Waals surface area contributed by atoms with Crippen molar-refractivity contribution in [1.29, 1.82) is 0 Å². The van der Waals surface area contributed by atoms with Crippen LogP contribution in [0.25, 0.3) is 0 Å². The highest BCUT2D eigenvalue weighted by atomic mass is 32.2. The van der Waals surface area contributed by atoms with E-state index in [0.717, 1.165) is 0 Å². The summed E-state index contributed by atoms with van der Waals surface area (Å²) >= 11 is 0.386. The number of alkyl halides is 2. The molecule has 0 atom stereocenters. The molecular weight excluding hydrogens is 358 g/mol. The van der Waals surface area contributed by atoms with Crippen molar-refractivity contribution in [3.8, 4) is 0 Å². The van der Waals surface area contributed by atoms with E-state index in [-0.39, 0.29) is 22.9 Å². The van der Waals surface area contributed by atoms with Gasteiger partial charge in [-0.15, -0.1) is 0 Å². The van der Waals surface area contributed by atoms with E-state index in [0.29, 0.717) is 27.9 Å². The number of carbonyl (C=O) groups excluding carboxylic acids is 1. The van der Waals surface area contributed by atoms with Crippen LogP contribution in [0.3, 0.4) is 0 Å². The summed E-state index contributed by atoms with van der Waals surface area (Å²) in [7, 11) is -3.83. The van der Waals surface area contributed by atoms with Crippen LogP contribution in [0.1, 0.15) is 5.56 Å². The molecule has 0 unspecified atom stereocenters. The highest BCUT2D eigenvalue weighted by Crippen LogP contribution is 2.28. The van der Waals surface area contributed by atoms with E-state index in [1.807, 2.05) is 0 Å². The van der Waals surface area contributed by atoms with Gasteiger partial charge in [0.1, 0.15) is 0 Å². The van der Waals surface area contributed by atoms with E-state index >= 15 is 0 Å². The molecule has 5 nitrogen and oxygen atoms in total. The van der Waals surface area contributed by atoms with Crippen LogP contribution in [0.5, 0.6) is 0 Å². The number of hydrogen-bond donors (Lipinski definition) is 2. The quantitative estimate of drug-likeness (QED) is 0.792. The first-order chi connectivity index (χ1) is 11.3. The molecule has 0 saturated carbocycles. The third-order valence-corrected chi connectivity index (χ3v) is 5.45. The number of carbonyl (C=O) groups is 1. The average molecular weight is 370 g/mol. The Kier molecular flexibility index (Phi) is 4.46. The zero-order chi connectivity index (χ0) is 17.3. The molecule has 2 aromatic carbocycles. The van der Waals surface area contributed by atoms with Crippen molar-refractivity contribution in [2.75, 3.05) is 10.0 Å². The first kappa shape index (κ1) is 16.7. The van der Waals surface area contributed by atoms with Crippen LogP contribution in [-0.4, -0.2) is 20.1 Å². The van der Waals surface area contributed by atoms with Gasteiger partial charge >= 0.3 is 0 Å². The summed E-state index contributed by atoms with van der Waals surface area (Å²) in [5.41, 5.74) is 1.49. The predicted molar refractivity (Wildman–Crippen MR) is 87.9 cm³/mol. The van der Waals surface area contributed by atoms with E-state index in [4.69, 9.17) is 0 Å². The molecule has 0 aliphatic carbocycles. The van der Waals surface area contributed by atoms with Gasteiger partial charge < -0.3 is 5.32 Å². The van der Waals surface area contributed by atoms with Crippen molar-refractivity contribution in [3.05, 3.63) is 48.0 Å². The zero-order valence-corrected chi connectivity index (χ0v) is 13.8. The molecule has 0 spiro atoms. The molecule has 2 aromatic rings. The molecule has 2 N–H and O–H groups in total. The average Bonchev–Trinajstić information content (AvgIpc) is 2.87. The summed E-state index contributed by atoms with van der Waals surface area (Å²) in [6, 6.07) is 10.0. The number of fused-ring (bicyclic) bond motifs is 1. The highest BCUT2D eigenvalue weighted by Gasteiger charge is 2.22. The summed E-state index contributed by atoms with van der Waals surface area (Å²) in [5, 5.41) is 2.63. The molecule has 3 rings (SSSR count). The first-order valence-corrected chi connectivity index (χ1v) is 9.20. The van der Waals surface area contributed by atoms with E-state index in [1.165, 1.54) is 42.5 Å². The standard InChI is InChI=1S/C15H12F2N2O3S2/c16-15(17)23-11-3-1-10(2-4-11)19-24(21,22)12-5-6-13-9(7-12)8-14(20)18-13/h1-7,15,19H,8H2,(H,18,20). The zero-order valence-electron chi connectivity index (χ0n) is 12.1. The Hall–Kier alpha value is -2.13. The van der Waals surface area contributed by atoms with Gasteiger partial charge in [0, 0.05) is 16.3 Å². The monoisotopic (exact) mass is 370 g/mol. The first-order valence-electron chi connectivity index (χ1n) is 6.84. The second-order valence-electron chi connectivity index (χ2n) is 5.05. The molecule has 9 heteroatoms. The Labute approximate surface area is 141 Å². The van der Waals surface area contributed by atoms with Gasteiger partial charge in [-0.1, -0.05) is 11.8 Å². The summed E-state index contributed by atoms with van der Waals surface area (Å²) in [4.78, 5) is 11.7. The second kappa shape index (κ2) is 6.40. The Bertz CT molecular complexity index is 884. The van der Waals surface area contributed by atoms with Crippen LogP contribution in [-0.2, 0) is 21.2 Å². The third-order valence-electron chi connectivity index (χ3n) is 3.34. The minimum atomic E-state index is -3.83. The summed E-state index contributed by atoms with van der Waals surface area (Å²) < 4.78 is 51.7. The van der Waals surface area contributed by atoms with Gasteiger partial charge in [0.15, 0.2) is 0 Å². The molecule has 1 heterocycles. The number of nitrogens with one attached hydrogen (secondary N) is 2. The van der Waals surface area contributed by atoms with Crippen molar-refractivity contribution < 1.29 is 22.0 Å². The number of benzene rings is 2. The number of anilines is 2. The van der Waals surface area contributed by atoms with Crippen molar-refractivity contribution in [2.24, 2.45) is 0 Å². The largest absolute Gasteiger partial charge is 0.326 e. The van der Waals surface area contributed by atoms with Crippen LogP contribution in [0, 0.1) is 0 Å². The lowest BCUT2D eigenvalue weighted by Gasteiger charge is -2.10. The van der Waals surface area contributed by atoms with Crippen molar-refractivity contribution in [3.63, 3.8) is 0 Å². The minimum absolute atomic E-state index is 0.0313. The van der Waals surface area contributed by atoms with Gasteiger partial charge in [0.2, 0.25) is 5.91 Å². The van der Waals surface area contributed by atoms with E-state index < -0.39 is 15.8 Å². The Morgan fingerprint density at radius 2 is 1.83 bits per heavy atom. The molecule has 0 radical (unpaired) electrons. The maximum absolute atomic E-state index is 12.4. The number of hydrogen-bond acceptors (Lipinski definition) is 4. The van der Waals surface area contributed by atoms with E-state index in [9.17, 15) is 22.0 Å². The fraction of sp³-hybridized carbons (Fsp3) is 0.133. The third kappa shape index (κ3) is 3.68. The fourth-order valence-electron chi connectivity index (χ4n) is 2.29. The summed E-state index contributed by atoms with van der Waals surface area (Å²) in [5.74, 6) is -2.71. The van der Waals surface area contributed by atoms with Gasteiger partial charge in [0.05, 0.1) is 11.3 Å². The second-order valence-corrected chi connectivity index (χ2v) is 7.80. The lowest BCUT2D eigenvalue weighted by molar-refractivity contribution is -0.115. The van der Waals surface area contributed by atoms with Gasteiger partial charge in [-0.2, -0.15) is 8.78 Å². The smallest absolute Gasteiger partial charge is 0.288 e. The molecule has 126 valence electrons. The number of amides is 1. The minimum Gasteiger partial charge on any atom is -0.326 e. The van der Waals surface area contributed by atoms with Crippen molar-refractivity contribution in [1.82, 2.24) is 0 Å². The molecule has 1 aliphatic rings. The van der Waals surface area contributed by atoms with E-state index in [2.05, 4.69) is 10.0 Å². The van der Waals surface area contributed by atoms with Gasteiger partial charge in [-0.05, 0) is 48.0 Å². The molecule has 0 fully saturated rings. The Morgan fingerprint density at radius 3 is 2.50 bits per heavy atom. The van der Waals surface area contributed by atoms with Crippen LogP contribution >= 0.6 is 11.8 Å². The van der Waals surface area contributed by atoms with Crippen LogP contribution < -0.4 is 10.0 Å². The number of halogens is 2. The molecule has 0 aromatic heterocycles. The molecule has 0 bridgehead atoms. The highest BCUT2D eigenvalue weighted by molar-refractivity contribution is 7.99. The SMILES string of the molecule is O=C1Cc2cc(S(=O)(=O)Nc3ccc(SC(F)F)cc3)ccc2N1. The summed E-state index contributed by atoms with van der Waals surface area (Å²) in [6.07, 6.45) is 0.137. The van der Waals surface area contributed by atoms with Crippen LogP contribution in [0.4, 0.5) is 20.2 Å². The predicted octanol–water partition coefficient (Wildman–Crippen LogP) is 3.30. The number of thioether (sulfide) groups is 1. The van der Waals surface area contributed by atoms with Gasteiger partial charge in [-0.25, -0.2) is 8.42 Å². The topological polar surface area (TPSA) is 75.3 Å². The molecular formula is C15H12F2N2O3S2. The Morgan fingerprint density at radius 1 is 1.12 bits per heavy atom. The molecule has 0 saturated heterocycles. The Balaban J connectivity index is 1.79. The van der Waals surface area contributed by atoms with E-state index in [1.54, 1.807) is 0 Å². The molecule has 24 heavy (non-hydrogen) atoms. The maximum atomic E-state index is 12.4. The van der Waals surface area contributed by atoms with Crippen molar-refractivity contribution in [2.45, 2.75) is 22.0 Å². The van der Waals surface area contributed by atoms with Crippen molar-refractivity contribution >= 4 is 39.1 Å². The normalized spacial score (nSPS) is 13.7. The summed E-state index contributed by atoms with van der Waals surface area (Å²) in [6.45, 7) is 0. The molecule has 1 amide bonds. The van der Waals surface area contributed by atoms with Gasteiger partial charge in [0.25, 0.3) is 15.8 Å². The maximum Gasteiger partial charge on any atom is 0.288 e. The fourth-order valence-corrected chi connectivity index (χ4v) is 3.90. The number of rotatable bonds is 5.